The second-order valence-electron chi connectivity index (χ2n) is 5.65. The first-order valence-corrected chi connectivity index (χ1v) is 9.62. The summed E-state index contributed by atoms with van der Waals surface area (Å²) in [5.41, 5.74) is 1.76. The van der Waals surface area contributed by atoms with E-state index in [-0.39, 0.29) is 11.4 Å². The van der Waals surface area contributed by atoms with Crippen LogP contribution in [0, 0.1) is 0 Å². The summed E-state index contributed by atoms with van der Waals surface area (Å²) < 4.78 is 38.6. The van der Waals surface area contributed by atoms with E-state index in [1.54, 1.807) is 18.2 Å². The smallest absolute Gasteiger partial charge is 0.264 e. The highest BCUT2D eigenvalue weighted by Crippen LogP contribution is 2.34. The van der Waals surface area contributed by atoms with E-state index in [0.29, 0.717) is 30.4 Å². The molecule has 2 aromatic carbocycles. The first-order chi connectivity index (χ1) is 12.1. The quantitative estimate of drug-likeness (QED) is 0.742. The van der Waals surface area contributed by atoms with Crippen molar-refractivity contribution in [3.05, 3.63) is 60.7 Å². The van der Waals surface area contributed by atoms with Gasteiger partial charge in [-0.05, 0) is 36.2 Å². The summed E-state index contributed by atoms with van der Waals surface area (Å²) in [5, 5.41) is 0. The molecule has 0 N–H and O–H groups in total. The second-order valence-corrected chi connectivity index (χ2v) is 7.51. The lowest BCUT2D eigenvalue weighted by Gasteiger charge is -2.25. The number of nitrogens with zero attached hydrogens (tertiary/aromatic N) is 1. The Labute approximate surface area is 148 Å². The molecule has 5 nitrogen and oxygen atoms in total. The van der Waals surface area contributed by atoms with E-state index < -0.39 is 10.0 Å². The Bertz CT molecular complexity index is 859. The SMILES string of the molecule is C=CCN(c1ccc(CC)cc1)S(=O)(=O)c1ccc2c(c1)OCCO2. The molecule has 25 heavy (non-hydrogen) atoms. The zero-order valence-electron chi connectivity index (χ0n) is 14.1. The molecule has 0 unspecified atom stereocenters. The van der Waals surface area contributed by atoms with Gasteiger partial charge in [0.1, 0.15) is 13.2 Å². The lowest BCUT2D eigenvalue weighted by molar-refractivity contribution is 0.171. The molecule has 0 bridgehead atoms. The van der Waals surface area contributed by atoms with Crippen LogP contribution in [0.15, 0.2) is 60.0 Å². The molecule has 0 atom stereocenters. The van der Waals surface area contributed by atoms with Gasteiger partial charge in [0.15, 0.2) is 11.5 Å². The van der Waals surface area contributed by atoms with Crippen LogP contribution in [0.3, 0.4) is 0 Å². The first-order valence-electron chi connectivity index (χ1n) is 8.18. The van der Waals surface area contributed by atoms with Crippen molar-refractivity contribution < 1.29 is 17.9 Å². The molecule has 132 valence electrons. The van der Waals surface area contributed by atoms with E-state index in [4.69, 9.17) is 9.47 Å². The Balaban J connectivity index is 2.00. The van der Waals surface area contributed by atoms with Gasteiger partial charge in [0.05, 0.1) is 17.1 Å². The number of fused-ring (bicyclic) bond motifs is 1. The average Bonchev–Trinajstić information content (AvgIpc) is 2.65. The Hall–Kier alpha value is -2.47. The summed E-state index contributed by atoms with van der Waals surface area (Å²) in [5.74, 6) is 1.01. The number of hydrogen-bond acceptors (Lipinski definition) is 4. The van der Waals surface area contributed by atoms with E-state index in [2.05, 4.69) is 13.5 Å². The van der Waals surface area contributed by atoms with Crippen molar-refractivity contribution in [3.63, 3.8) is 0 Å². The van der Waals surface area contributed by atoms with Gasteiger partial charge in [0.25, 0.3) is 10.0 Å². The Kier molecular flexibility index (Phi) is 4.99. The van der Waals surface area contributed by atoms with E-state index in [0.717, 1.165) is 12.0 Å². The van der Waals surface area contributed by atoms with Crippen LogP contribution in [-0.4, -0.2) is 28.2 Å². The normalized spacial score (nSPS) is 13.3. The molecule has 0 radical (unpaired) electrons. The van der Waals surface area contributed by atoms with Crippen LogP contribution < -0.4 is 13.8 Å². The Morgan fingerprint density at radius 2 is 1.76 bits per heavy atom. The highest BCUT2D eigenvalue weighted by atomic mass is 32.2. The van der Waals surface area contributed by atoms with Gasteiger partial charge < -0.3 is 9.47 Å². The van der Waals surface area contributed by atoms with Crippen molar-refractivity contribution >= 4 is 15.7 Å². The van der Waals surface area contributed by atoms with Crippen LogP contribution in [0.1, 0.15) is 12.5 Å². The average molecular weight is 359 g/mol. The number of anilines is 1. The van der Waals surface area contributed by atoms with Crippen LogP contribution in [-0.2, 0) is 16.4 Å². The molecule has 2 aromatic rings. The van der Waals surface area contributed by atoms with Gasteiger partial charge in [0.2, 0.25) is 0 Å². The van der Waals surface area contributed by atoms with Gasteiger partial charge in [-0.1, -0.05) is 25.1 Å². The molecule has 0 saturated carbocycles. The predicted octanol–water partition coefficient (Wildman–Crippen LogP) is 3.40. The van der Waals surface area contributed by atoms with Crippen molar-refractivity contribution in [1.82, 2.24) is 0 Å². The summed E-state index contributed by atoms with van der Waals surface area (Å²) >= 11 is 0. The lowest BCUT2D eigenvalue weighted by atomic mass is 10.1. The first kappa shape index (κ1) is 17.4. The number of benzene rings is 2. The monoisotopic (exact) mass is 359 g/mol. The molecule has 0 saturated heterocycles. The van der Waals surface area contributed by atoms with Crippen LogP contribution in [0.25, 0.3) is 0 Å². The van der Waals surface area contributed by atoms with Gasteiger partial charge in [0, 0.05) is 6.07 Å². The maximum atomic E-state index is 13.1. The molecule has 1 aliphatic heterocycles. The third-order valence-corrected chi connectivity index (χ3v) is 5.82. The largest absolute Gasteiger partial charge is 0.486 e. The van der Waals surface area contributed by atoms with Crippen molar-refractivity contribution in [3.8, 4) is 11.5 Å². The Morgan fingerprint density at radius 1 is 1.08 bits per heavy atom. The summed E-state index contributed by atoms with van der Waals surface area (Å²) in [7, 11) is -3.74. The van der Waals surface area contributed by atoms with Gasteiger partial charge in [-0.3, -0.25) is 4.31 Å². The van der Waals surface area contributed by atoms with Crippen molar-refractivity contribution in [2.45, 2.75) is 18.2 Å². The lowest BCUT2D eigenvalue weighted by Crippen LogP contribution is -2.31. The highest BCUT2D eigenvalue weighted by Gasteiger charge is 2.26. The third kappa shape index (κ3) is 3.49. The molecule has 0 spiro atoms. The molecule has 1 heterocycles. The minimum atomic E-state index is -3.74. The molecule has 1 aliphatic rings. The standard InChI is InChI=1S/C19H21NO4S/c1-3-11-20(16-7-5-15(4-2)6-8-16)25(21,22)17-9-10-18-19(14-17)24-13-12-23-18/h3,5-10,14H,1,4,11-13H2,2H3. The zero-order valence-corrected chi connectivity index (χ0v) is 15.0. The summed E-state index contributed by atoms with van der Waals surface area (Å²) in [6.45, 7) is 6.80. The Morgan fingerprint density at radius 3 is 2.40 bits per heavy atom. The van der Waals surface area contributed by atoms with Crippen LogP contribution in [0.4, 0.5) is 5.69 Å². The van der Waals surface area contributed by atoms with E-state index in [1.165, 1.54) is 10.4 Å². The van der Waals surface area contributed by atoms with Gasteiger partial charge in [-0.15, -0.1) is 6.58 Å². The predicted molar refractivity (Wildman–Crippen MR) is 98.0 cm³/mol. The molecule has 0 amide bonds. The maximum absolute atomic E-state index is 13.1. The summed E-state index contributed by atoms with van der Waals surface area (Å²) in [6, 6.07) is 12.2. The molecule has 3 rings (SSSR count). The fourth-order valence-electron chi connectivity index (χ4n) is 2.67. The highest BCUT2D eigenvalue weighted by molar-refractivity contribution is 7.92. The number of rotatable bonds is 6. The van der Waals surface area contributed by atoms with Gasteiger partial charge >= 0.3 is 0 Å². The molecular formula is C19H21NO4S. The van der Waals surface area contributed by atoms with Crippen LogP contribution in [0.2, 0.25) is 0 Å². The second kappa shape index (κ2) is 7.19. The van der Waals surface area contributed by atoms with Gasteiger partial charge in [-0.2, -0.15) is 0 Å². The minimum absolute atomic E-state index is 0.165. The van der Waals surface area contributed by atoms with Crippen LogP contribution >= 0.6 is 0 Å². The third-order valence-electron chi connectivity index (χ3n) is 4.03. The fraction of sp³-hybridized carbons (Fsp3) is 0.263. The van der Waals surface area contributed by atoms with E-state index in [1.807, 2.05) is 24.3 Å². The number of hydrogen-bond donors (Lipinski definition) is 0. The molecule has 6 heteroatoms. The molecule has 0 aromatic heterocycles. The van der Waals surface area contributed by atoms with E-state index in [9.17, 15) is 8.42 Å². The fourth-order valence-corrected chi connectivity index (χ4v) is 4.12. The molecule has 0 aliphatic carbocycles. The summed E-state index contributed by atoms with van der Waals surface area (Å²) in [4.78, 5) is 0.165. The zero-order chi connectivity index (χ0) is 17.9. The van der Waals surface area contributed by atoms with Crippen molar-refractivity contribution in [2.75, 3.05) is 24.1 Å². The topological polar surface area (TPSA) is 55.8 Å². The number of ether oxygens (including phenoxy) is 2. The van der Waals surface area contributed by atoms with Crippen molar-refractivity contribution in [2.24, 2.45) is 0 Å². The van der Waals surface area contributed by atoms with E-state index >= 15 is 0 Å². The number of sulfonamides is 1. The minimum Gasteiger partial charge on any atom is -0.486 e. The molecule has 0 fully saturated rings. The molecular weight excluding hydrogens is 338 g/mol. The maximum Gasteiger partial charge on any atom is 0.264 e. The van der Waals surface area contributed by atoms with Crippen LogP contribution in [0.5, 0.6) is 11.5 Å². The summed E-state index contributed by atoms with van der Waals surface area (Å²) in [6.07, 6.45) is 2.47. The number of aryl methyl sites for hydroxylation is 1. The van der Waals surface area contributed by atoms with Crippen molar-refractivity contribution in [1.29, 1.82) is 0 Å². The van der Waals surface area contributed by atoms with Gasteiger partial charge in [-0.25, -0.2) is 8.42 Å².